The van der Waals surface area contributed by atoms with Gasteiger partial charge in [0.15, 0.2) is 0 Å². The zero-order valence-corrected chi connectivity index (χ0v) is 12.8. The molecule has 1 aromatic heterocycles. The molecule has 0 radical (unpaired) electrons. The summed E-state index contributed by atoms with van der Waals surface area (Å²) >= 11 is 6.31. The van der Waals surface area contributed by atoms with Gasteiger partial charge in [-0.05, 0) is 18.4 Å². The van der Waals surface area contributed by atoms with Crippen LogP contribution in [-0.4, -0.2) is 14.9 Å². The second-order valence-electron chi connectivity index (χ2n) is 5.04. The highest BCUT2D eigenvalue weighted by Gasteiger charge is 2.36. The highest BCUT2D eigenvalue weighted by atomic mass is 35.5. The van der Waals surface area contributed by atoms with E-state index in [1.54, 1.807) is 6.20 Å². The topological polar surface area (TPSA) is 38.0 Å². The summed E-state index contributed by atoms with van der Waals surface area (Å²) < 4.78 is 1.82. The highest BCUT2D eigenvalue weighted by Crippen LogP contribution is 2.37. The average Bonchev–Trinajstić information content (AvgIpc) is 2.82. The van der Waals surface area contributed by atoms with E-state index in [9.17, 15) is 5.11 Å². The number of benzene rings is 1. The molecule has 20 heavy (non-hydrogen) atoms. The van der Waals surface area contributed by atoms with Gasteiger partial charge in [-0.25, -0.2) is 0 Å². The van der Waals surface area contributed by atoms with E-state index >= 15 is 0 Å². The number of nitrogens with zero attached hydrogens (tertiary/aromatic N) is 2. The van der Waals surface area contributed by atoms with Gasteiger partial charge in [0.25, 0.3) is 0 Å². The monoisotopic (exact) mass is 292 g/mol. The van der Waals surface area contributed by atoms with Crippen molar-refractivity contribution in [2.45, 2.75) is 45.3 Å². The quantitative estimate of drug-likeness (QED) is 0.874. The Labute approximate surface area is 125 Å². The number of aryl methyl sites for hydroxylation is 1. The Morgan fingerprint density at radius 1 is 1.20 bits per heavy atom. The Morgan fingerprint density at radius 3 is 2.50 bits per heavy atom. The normalized spacial score (nSPS) is 14.2. The van der Waals surface area contributed by atoms with Crippen LogP contribution in [0.1, 0.15) is 44.4 Å². The van der Waals surface area contributed by atoms with Gasteiger partial charge in [-0.3, -0.25) is 4.68 Å². The fourth-order valence-electron chi connectivity index (χ4n) is 2.63. The first kappa shape index (κ1) is 15.1. The van der Waals surface area contributed by atoms with Gasteiger partial charge in [-0.15, -0.1) is 0 Å². The number of aromatic nitrogens is 2. The zero-order chi connectivity index (χ0) is 14.6. The van der Waals surface area contributed by atoms with Crippen LogP contribution in [0.5, 0.6) is 0 Å². The van der Waals surface area contributed by atoms with Crippen molar-refractivity contribution in [1.82, 2.24) is 9.78 Å². The molecule has 0 aliphatic rings. The summed E-state index contributed by atoms with van der Waals surface area (Å²) in [7, 11) is 0. The molecule has 0 spiro atoms. The van der Waals surface area contributed by atoms with E-state index in [1.165, 1.54) is 0 Å². The molecule has 1 aromatic carbocycles. The summed E-state index contributed by atoms with van der Waals surface area (Å²) in [5.74, 6) is 0. The molecule has 0 aliphatic heterocycles. The van der Waals surface area contributed by atoms with Gasteiger partial charge >= 0.3 is 0 Å². The Kier molecular flexibility index (Phi) is 4.84. The van der Waals surface area contributed by atoms with Gasteiger partial charge in [0, 0.05) is 6.54 Å². The van der Waals surface area contributed by atoms with E-state index < -0.39 is 5.60 Å². The van der Waals surface area contributed by atoms with Gasteiger partial charge in [-0.2, -0.15) is 5.10 Å². The predicted molar refractivity (Wildman–Crippen MR) is 81.9 cm³/mol. The molecule has 2 rings (SSSR count). The second-order valence-corrected chi connectivity index (χ2v) is 5.45. The minimum absolute atomic E-state index is 0.526. The van der Waals surface area contributed by atoms with Crippen molar-refractivity contribution in [3.05, 3.63) is 52.8 Å². The first-order valence-corrected chi connectivity index (χ1v) is 7.51. The van der Waals surface area contributed by atoms with Crippen molar-refractivity contribution < 1.29 is 5.11 Å². The molecule has 0 saturated heterocycles. The van der Waals surface area contributed by atoms with E-state index in [0.717, 1.165) is 24.9 Å². The standard InChI is InChI=1S/C16H21ClN2O/c1-3-10-16(20,13-8-6-5-7-9-13)15-14(17)12-18-19(15)11-4-2/h5-9,12,20H,3-4,10-11H2,1-2H3. The van der Waals surface area contributed by atoms with Crippen molar-refractivity contribution in [2.24, 2.45) is 0 Å². The number of aliphatic hydroxyl groups is 1. The van der Waals surface area contributed by atoms with E-state index in [4.69, 9.17) is 11.6 Å². The molecule has 0 saturated carbocycles. The van der Waals surface area contributed by atoms with E-state index in [0.29, 0.717) is 17.1 Å². The molecular weight excluding hydrogens is 272 g/mol. The van der Waals surface area contributed by atoms with Crippen molar-refractivity contribution in [2.75, 3.05) is 0 Å². The summed E-state index contributed by atoms with van der Waals surface area (Å²) in [5.41, 5.74) is 0.481. The lowest BCUT2D eigenvalue weighted by Gasteiger charge is -2.29. The van der Waals surface area contributed by atoms with Crippen LogP contribution in [0.15, 0.2) is 36.5 Å². The summed E-state index contributed by atoms with van der Waals surface area (Å²) in [6.45, 7) is 4.89. The van der Waals surface area contributed by atoms with E-state index in [2.05, 4.69) is 18.9 Å². The molecule has 1 unspecified atom stereocenters. The smallest absolute Gasteiger partial charge is 0.133 e. The first-order valence-electron chi connectivity index (χ1n) is 7.13. The lowest BCUT2D eigenvalue weighted by Crippen LogP contribution is -2.31. The number of hydrogen-bond acceptors (Lipinski definition) is 2. The summed E-state index contributed by atoms with van der Waals surface area (Å²) in [6.07, 6.45) is 4.04. The highest BCUT2D eigenvalue weighted by molar-refractivity contribution is 6.31. The molecule has 3 nitrogen and oxygen atoms in total. The Hall–Kier alpha value is -1.32. The fraction of sp³-hybridized carbons (Fsp3) is 0.438. The van der Waals surface area contributed by atoms with Crippen LogP contribution >= 0.6 is 11.6 Å². The number of rotatable bonds is 6. The molecule has 1 heterocycles. The van der Waals surface area contributed by atoms with E-state index in [-0.39, 0.29) is 0 Å². The Balaban J connectivity index is 2.56. The lowest BCUT2D eigenvalue weighted by atomic mass is 9.86. The van der Waals surface area contributed by atoms with Gasteiger partial charge in [-0.1, -0.05) is 62.2 Å². The van der Waals surface area contributed by atoms with Crippen molar-refractivity contribution in [3.63, 3.8) is 0 Å². The third-order valence-corrected chi connectivity index (χ3v) is 3.76. The van der Waals surface area contributed by atoms with Crippen LogP contribution in [-0.2, 0) is 12.1 Å². The minimum Gasteiger partial charge on any atom is -0.379 e. The molecule has 1 N–H and O–H groups in total. The SMILES string of the molecule is CCCn1ncc(Cl)c1C(O)(CCC)c1ccccc1. The first-order chi connectivity index (χ1) is 9.63. The van der Waals surface area contributed by atoms with Crippen LogP contribution in [0.4, 0.5) is 0 Å². The largest absolute Gasteiger partial charge is 0.379 e. The van der Waals surface area contributed by atoms with Crippen LogP contribution in [0, 0.1) is 0 Å². The molecule has 4 heteroatoms. The zero-order valence-electron chi connectivity index (χ0n) is 12.0. The predicted octanol–water partition coefficient (Wildman–Crippen LogP) is 3.98. The van der Waals surface area contributed by atoms with Gasteiger partial charge in [0.05, 0.1) is 16.9 Å². The Bertz CT molecular complexity index is 553. The van der Waals surface area contributed by atoms with Gasteiger partial charge in [0.2, 0.25) is 0 Å². The molecule has 0 fully saturated rings. The number of halogens is 1. The minimum atomic E-state index is -1.08. The lowest BCUT2D eigenvalue weighted by molar-refractivity contribution is 0.0604. The van der Waals surface area contributed by atoms with Gasteiger partial charge < -0.3 is 5.11 Å². The fourth-order valence-corrected chi connectivity index (χ4v) is 2.93. The maximum absolute atomic E-state index is 11.3. The van der Waals surface area contributed by atoms with Crippen LogP contribution in [0.3, 0.4) is 0 Å². The van der Waals surface area contributed by atoms with Crippen LogP contribution < -0.4 is 0 Å². The maximum Gasteiger partial charge on any atom is 0.133 e. The molecule has 0 aliphatic carbocycles. The molecule has 108 valence electrons. The second kappa shape index (κ2) is 6.42. The van der Waals surface area contributed by atoms with Crippen molar-refractivity contribution >= 4 is 11.6 Å². The van der Waals surface area contributed by atoms with Crippen molar-refractivity contribution in [1.29, 1.82) is 0 Å². The molecular formula is C16H21ClN2O. The van der Waals surface area contributed by atoms with Crippen LogP contribution in [0.2, 0.25) is 5.02 Å². The maximum atomic E-state index is 11.3. The third-order valence-electron chi connectivity index (χ3n) is 3.49. The summed E-state index contributed by atoms with van der Waals surface area (Å²) in [4.78, 5) is 0. The van der Waals surface area contributed by atoms with E-state index in [1.807, 2.05) is 35.0 Å². The number of hydrogen-bond donors (Lipinski definition) is 1. The summed E-state index contributed by atoms with van der Waals surface area (Å²) in [6, 6.07) is 9.69. The van der Waals surface area contributed by atoms with Crippen molar-refractivity contribution in [3.8, 4) is 0 Å². The average molecular weight is 293 g/mol. The molecule has 1 atom stereocenters. The Morgan fingerprint density at radius 2 is 1.90 bits per heavy atom. The van der Waals surface area contributed by atoms with Gasteiger partial charge in [0.1, 0.15) is 5.60 Å². The van der Waals surface area contributed by atoms with Crippen LogP contribution in [0.25, 0.3) is 0 Å². The summed E-state index contributed by atoms with van der Waals surface area (Å²) in [5, 5.41) is 16.1. The third kappa shape index (κ3) is 2.74. The molecule has 0 amide bonds. The molecule has 0 bridgehead atoms. The molecule has 2 aromatic rings.